The third-order valence-corrected chi connectivity index (χ3v) is 3.21. The van der Waals surface area contributed by atoms with E-state index in [9.17, 15) is 0 Å². The number of benzene rings is 1. The van der Waals surface area contributed by atoms with Crippen molar-refractivity contribution in [2.75, 3.05) is 20.3 Å². The second kappa shape index (κ2) is 6.54. The molecule has 0 unspecified atom stereocenters. The molecule has 0 radical (unpaired) electrons. The molecule has 0 saturated carbocycles. The number of hydrogen-bond acceptors (Lipinski definition) is 4. The van der Waals surface area contributed by atoms with E-state index >= 15 is 0 Å². The molecule has 19 heavy (non-hydrogen) atoms. The van der Waals surface area contributed by atoms with Crippen molar-refractivity contribution in [3.05, 3.63) is 29.3 Å². The Morgan fingerprint density at radius 1 is 1.42 bits per heavy atom. The fraction of sp³-hybridized carbons (Fsp3) is 0.500. The molecule has 0 aromatic heterocycles. The van der Waals surface area contributed by atoms with Gasteiger partial charge in [-0.1, -0.05) is 6.07 Å². The number of nitrogens with one attached hydrogen (secondary N) is 1. The molecular formula is C14H20N2O3. The van der Waals surface area contributed by atoms with E-state index in [-0.39, 0.29) is 11.9 Å². The van der Waals surface area contributed by atoms with Gasteiger partial charge in [-0.25, -0.2) is 0 Å². The number of methoxy groups -OCH3 is 1. The maximum atomic E-state index is 7.46. The summed E-state index contributed by atoms with van der Waals surface area (Å²) < 4.78 is 16.4. The van der Waals surface area contributed by atoms with E-state index in [0.717, 1.165) is 31.6 Å². The molecule has 0 spiro atoms. The molecule has 1 aliphatic rings. The first-order valence-corrected chi connectivity index (χ1v) is 6.41. The standard InChI is InChI=1S/C14H20N2O3/c1-17-13-8-10(2-3-12(13)14(15)16)9-19-11-4-6-18-7-5-11/h2-3,8,11H,4-7,9H2,1H3,(H3,15,16). The van der Waals surface area contributed by atoms with Gasteiger partial charge < -0.3 is 19.9 Å². The Balaban J connectivity index is 1.98. The van der Waals surface area contributed by atoms with Crippen LogP contribution in [-0.2, 0) is 16.1 Å². The lowest BCUT2D eigenvalue weighted by molar-refractivity contribution is -0.0391. The molecule has 1 aromatic rings. The van der Waals surface area contributed by atoms with Crippen LogP contribution in [-0.4, -0.2) is 32.3 Å². The third-order valence-electron chi connectivity index (χ3n) is 3.21. The molecule has 1 aliphatic heterocycles. The van der Waals surface area contributed by atoms with E-state index < -0.39 is 0 Å². The molecule has 1 heterocycles. The molecule has 1 aromatic carbocycles. The molecule has 5 nitrogen and oxygen atoms in total. The average Bonchev–Trinajstić information content (AvgIpc) is 2.45. The first-order valence-electron chi connectivity index (χ1n) is 6.41. The lowest BCUT2D eigenvalue weighted by Gasteiger charge is -2.22. The van der Waals surface area contributed by atoms with Gasteiger partial charge in [-0.15, -0.1) is 0 Å². The smallest absolute Gasteiger partial charge is 0.130 e. The van der Waals surface area contributed by atoms with E-state index in [2.05, 4.69) is 0 Å². The van der Waals surface area contributed by atoms with Gasteiger partial charge in [-0.05, 0) is 30.5 Å². The highest BCUT2D eigenvalue weighted by Gasteiger charge is 2.14. The fourth-order valence-electron chi connectivity index (χ4n) is 2.10. The van der Waals surface area contributed by atoms with Crippen LogP contribution in [0.15, 0.2) is 18.2 Å². The van der Waals surface area contributed by atoms with Gasteiger partial charge in [0.1, 0.15) is 11.6 Å². The van der Waals surface area contributed by atoms with E-state index in [1.807, 2.05) is 12.1 Å². The molecule has 0 atom stereocenters. The van der Waals surface area contributed by atoms with Crippen LogP contribution in [0.25, 0.3) is 0 Å². The normalized spacial score (nSPS) is 16.3. The zero-order valence-electron chi connectivity index (χ0n) is 11.1. The van der Waals surface area contributed by atoms with Crippen LogP contribution in [0.1, 0.15) is 24.0 Å². The highest BCUT2D eigenvalue weighted by atomic mass is 16.5. The van der Waals surface area contributed by atoms with E-state index in [0.29, 0.717) is 17.9 Å². The van der Waals surface area contributed by atoms with Crippen LogP contribution < -0.4 is 10.5 Å². The van der Waals surface area contributed by atoms with Crippen molar-refractivity contribution in [2.45, 2.75) is 25.6 Å². The van der Waals surface area contributed by atoms with Crippen molar-refractivity contribution in [3.63, 3.8) is 0 Å². The molecular weight excluding hydrogens is 244 g/mol. The summed E-state index contributed by atoms with van der Waals surface area (Å²) >= 11 is 0. The van der Waals surface area contributed by atoms with E-state index in [1.54, 1.807) is 13.2 Å². The first-order chi connectivity index (χ1) is 9.20. The van der Waals surface area contributed by atoms with Gasteiger partial charge in [-0.2, -0.15) is 0 Å². The summed E-state index contributed by atoms with van der Waals surface area (Å²) in [7, 11) is 1.57. The lowest BCUT2D eigenvalue weighted by atomic mass is 10.1. The molecule has 0 aliphatic carbocycles. The van der Waals surface area contributed by atoms with Crippen LogP contribution in [0.2, 0.25) is 0 Å². The van der Waals surface area contributed by atoms with Gasteiger partial charge in [0.15, 0.2) is 0 Å². The molecule has 5 heteroatoms. The Labute approximate surface area is 113 Å². The minimum Gasteiger partial charge on any atom is -0.496 e. The van der Waals surface area contributed by atoms with Crippen molar-refractivity contribution >= 4 is 5.84 Å². The second-order valence-electron chi connectivity index (χ2n) is 4.57. The topological polar surface area (TPSA) is 77.6 Å². The maximum Gasteiger partial charge on any atom is 0.130 e. The van der Waals surface area contributed by atoms with Gasteiger partial charge in [0.25, 0.3) is 0 Å². The fourth-order valence-corrected chi connectivity index (χ4v) is 2.10. The zero-order chi connectivity index (χ0) is 13.7. The number of amidine groups is 1. The number of ether oxygens (including phenoxy) is 3. The van der Waals surface area contributed by atoms with Crippen molar-refractivity contribution in [3.8, 4) is 5.75 Å². The molecule has 104 valence electrons. The number of nitrogens with two attached hydrogens (primary N) is 1. The maximum absolute atomic E-state index is 7.46. The number of rotatable bonds is 5. The molecule has 2 rings (SSSR count). The molecule has 3 N–H and O–H groups in total. The Morgan fingerprint density at radius 2 is 2.16 bits per heavy atom. The summed E-state index contributed by atoms with van der Waals surface area (Å²) in [4.78, 5) is 0. The van der Waals surface area contributed by atoms with Crippen LogP contribution >= 0.6 is 0 Å². The SMILES string of the molecule is COc1cc(COC2CCOCC2)ccc1C(=N)N. The van der Waals surface area contributed by atoms with Gasteiger partial charge in [0.2, 0.25) is 0 Å². The van der Waals surface area contributed by atoms with Crippen LogP contribution in [0.3, 0.4) is 0 Å². The van der Waals surface area contributed by atoms with Crippen LogP contribution in [0, 0.1) is 5.41 Å². The summed E-state index contributed by atoms with van der Waals surface area (Å²) in [6.45, 7) is 2.09. The number of nitrogen functional groups attached to an aromatic ring is 1. The minimum absolute atomic E-state index is 0.00810. The number of hydrogen-bond donors (Lipinski definition) is 2. The van der Waals surface area contributed by atoms with Crippen molar-refractivity contribution in [2.24, 2.45) is 5.73 Å². The summed E-state index contributed by atoms with van der Waals surface area (Å²) in [6, 6.07) is 5.58. The van der Waals surface area contributed by atoms with Gasteiger partial charge in [0.05, 0.1) is 25.4 Å². The predicted molar refractivity (Wildman–Crippen MR) is 72.6 cm³/mol. The molecule has 0 bridgehead atoms. The predicted octanol–water partition coefficient (Wildman–Crippen LogP) is 1.67. The Morgan fingerprint density at radius 3 is 2.79 bits per heavy atom. The summed E-state index contributed by atoms with van der Waals surface area (Å²) in [5, 5.41) is 7.46. The van der Waals surface area contributed by atoms with Crippen LogP contribution in [0.4, 0.5) is 0 Å². The highest BCUT2D eigenvalue weighted by molar-refractivity contribution is 5.97. The lowest BCUT2D eigenvalue weighted by Crippen LogP contribution is -2.23. The summed E-state index contributed by atoms with van der Waals surface area (Å²) in [6.07, 6.45) is 2.16. The average molecular weight is 264 g/mol. The van der Waals surface area contributed by atoms with E-state index in [1.165, 1.54) is 0 Å². The van der Waals surface area contributed by atoms with Crippen LogP contribution in [0.5, 0.6) is 5.75 Å². The molecule has 0 amide bonds. The van der Waals surface area contributed by atoms with Gasteiger partial charge in [0, 0.05) is 13.2 Å². The second-order valence-corrected chi connectivity index (χ2v) is 4.57. The first kappa shape index (κ1) is 13.8. The quantitative estimate of drug-likeness (QED) is 0.626. The minimum atomic E-state index is 0.00810. The van der Waals surface area contributed by atoms with Gasteiger partial charge in [-0.3, -0.25) is 5.41 Å². The zero-order valence-corrected chi connectivity index (χ0v) is 11.1. The van der Waals surface area contributed by atoms with Crippen molar-refractivity contribution in [1.82, 2.24) is 0 Å². The van der Waals surface area contributed by atoms with Crippen molar-refractivity contribution < 1.29 is 14.2 Å². The third kappa shape index (κ3) is 3.68. The molecule has 1 fully saturated rings. The largest absolute Gasteiger partial charge is 0.496 e. The molecule has 1 saturated heterocycles. The Kier molecular flexibility index (Phi) is 4.76. The highest BCUT2D eigenvalue weighted by Crippen LogP contribution is 2.21. The van der Waals surface area contributed by atoms with E-state index in [4.69, 9.17) is 25.4 Å². The van der Waals surface area contributed by atoms with Gasteiger partial charge >= 0.3 is 0 Å². The Bertz CT molecular complexity index is 442. The Hall–Kier alpha value is -1.59. The van der Waals surface area contributed by atoms with Crippen molar-refractivity contribution in [1.29, 1.82) is 5.41 Å². The summed E-state index contributed by atoms with van der Waals surface area (Å²) in [5.74, 6) is 0.620. The summed E-state index contributed by atoms with van der Waals surface area (Å²) in [5.41, 5.74) is 7.12. The monoisotopic (exact) mass is 264 g/mol.